The zero-order valence-electron chi connectivity index (χ0n) is 12.1. The van der Waals surface area contributed by atoms with Crippen molar-refractivity contribution in [3.05, 3.63) is 41.5 Å². The lowest BCUT2D eigenvalue weighted by molar-refractivity contribution is -0.118. The first-order chi connectivity index (χ1) is 10.3. The molecule has 1 aliphatic heterocycles. The highest BCUT2D eigenvalue weighted by Crippen LogP contribution is 2.35. The van der Waals surface area contributed by atoms with Gasteiger partial charge < -0.3 is 10.6 Å². The fourth-order valence-electron chi connectivity index (χ4n) is 3.65. The molecule has 1 fully saturated rings. The maximum atomic E-state index is 12.4. The van der Waals surface area contributed by atoms with Gasteiger partial charge in [0, 0.05) is 11.1 Å². The normalized spacial score (nSPS) is 20.7. The molecule has 0 bridgehead atoms. The van der Waals surface area contributed by atoms with Crippen molar-refractivity contribution in [2.75, 3.05) is 11.9 Å². The Bertz CT molecular complexity index is 691. The molecular weight excluding hydrogens is 260 g/mol. The lowest BCUT2D eigenvalue weighted by Gasteiger charge is -2.23. The van der Waals surface area contributed by atoms with Crippen molar-refractivity contribution < 1.29 is 4.79 Å². The lowest BCUT2D eigenvalue weighted by atomic mass is 10.0. The van der Waals surface area contributed by atoms with Crippen molar-refractivity contribution in [2.45, 2.75) is 38.1 Å². The Labute approximate surface area is 124 Å². The number of carbonyl (C=O) groups excluding carboxylic acids is 1. The number of hydrogen-bond donors (Lipinski definition) is 2. The van der Waals surface area contributed by atoms with Crippen LogP contribution in [-0.2, 0) is 17.6 Å². The molecule has 108 valence electrons. The summed E-state index contributed by atoms with van der Waals surface area (Å²) in [4.78, 5) is 12.4. The van der Waals surface area contributed by atoms with E-state index in [1.54, 1.807) is 0 Å². The van der Waals surface area contributed by atoms with Crippen LogP contribution in [0.1, 0.15) is 30.4 Å². The van der Waals surface area contributed by atoms with E-state index in [2.05, 4.69) is 41.0 Å². The van der Waals surface area contributed by atoms with E-state index in [1.807, 2.05) is 0 Å². The zero-order valence-corrected chi connectivity index (χ0v) is 12.1. The van der Waals surface area contributed by atoms with Crippen LogP contribution in [0.25, 0.3) is 10.8 Å². The molecule has 2 aromatic carbocycles. The molecule has 0 aromatic heterocycles. The Balaban J connectivity index is 1.67. The molecule has 1 atom stereocenters. The Hall–Kier alpha value is -1.87. The number of carbonyl (C=O) groups is 1. The van der Waals surface area contributed by atoms with Crippen LogP contribution < -0.4 is 10.6 Å². The van der Waals surface area contributed by atoms with Gasteiger partial charge in [0.25, 0.3) is 0 Å². The molecule has 0 saturated carbocycles. The van der Waals surface area contributed by atoms with Gasteiger partial charge in [-0.15, -0.1) is 0 Å². The SMILES string of the molecule is O=C(Nc1ccc2c3c(cccc13)CC2)C1CCCCN1. The van der Waals surface area contributed by atoms with E-state index in [9.17, 15) is 4.79 Å². The summed E-state index contributed by atoms with van der Waals surface area (Å²) in [5.74, 6) is 0.105. The van der Waals surface area contributed by atoms with Crippen molar-refractivity contribution in [3.8, 4) is 0 Å². The summed E-state index contributed by atoms with van der Waals surface area (Å²) in [6, 6.07) is 10.6. The van der Waals surface area contributed by atoms with Crippen LogP contribution in [-0.4, -0.2) is 18.5 Å². The number of piperidine rings is 1. The van der Waals surface area contributed by atoms with Crippen LogP contribution in [0.3, 0.4) is 0 Å². The first-order valence-electron chi connectivity index (χ1n) is 7.91. The van der Waals surface area contributed by atoms with Gasteiger partial charge in [-0.1, -0.05) is 30.7 Å². The van der Waals surface area contributed by atoms with Crippen LogP contribution in [0.15, 0.2) is 30.3 Å². The average molecular weight is 280 g/mol. The molecule has 1 saturated heterocycles. The standard InChI is InChI=1S/C18H20N2O/c21-18(16-6-1-2-11-19-16)20-15-10-9-13-8-7-12-4-3-5-14(15)17(12)13/h3-5,9-10,16,19H,1-2,6-8,11H2,(H,20,21). The molecule has 2 aliphatic rings. The third-order valence-electron chi connectivity index (χ3n) is 4.76. The predicted molar refractivity (Wildman–Crippen MR) is 85.6 cm³/mol. The van der Waals surface area contributed by atoms with Crippen LogP contribution in [0.2, 0.25) is 0 Å². The molecule has 0 spiro atoms. The van der Waals surface area contributed by atoms with E-state index < -0.39 is 0 Å². The topological polar surface area (TPSA) is 41.1 Å². The van der Waals surface area contributed by atoms with Crippen LogP contribution in [0.4, 0.5) is 5.69 Å². The van der Waals surface area contributed by atoms with Crippen molar-refractivity contribution >= 4 is 22.4 Å². The van der Waals surface area contributed by atoms with E-state index in [-0.39, 0.29) is 11.9 Å². The molecule has 0 radical (unpaired) electrons. The van der Waals surface area contributed by atoms with E-state index in [0.717, 1.165) is 37.9 Å². The third-order valence-corrected chi connectivity index (χ3v) is 4.76. The summed E-state index contributed by atoms with van der Waals surface area (Å²) in [6.07, 6.45) is 5.48. The van der Waals surface area contributed by atoms with E-state index in [1.165, 1.54) is 28.3 Å². The fraction of sp³-hybridized carbons (Fsp3) is 0.389. The van der Waals surface area contributed by atoms with Gasteiger partial charge in [-0.2, -0.15) is 0 Å². The first-order valence-corrected chi connectivity index (χ1v) is 7.91. The summed E-state index contributed by atoms with van der Waals surface area (Å²) < 4.78 is 0. The first kappa shape index (κ1) is 12.8. The predicted octanol–water partition coefficient (Wildman–Crippen LogP) is 3.02. The van der Waals surface area contributed by atoms with Gasteiger partial charge in [0.15, 0.2) is 0 Å². The summed E-state index contributed by atoms with van der Waals surface area (Å²) >= 11 is 0. The highest BCUT2D eigenvalue weighted by atomic mass is 16.2. The maximum Gasteiger partial charge on any atom is 0.241 e. The number of hydrogen-bond acceptors (Lipinski definition) is 2. The molecule has 3 nitrogen and oxygen atoms in total. The molecule has 1 heterocycles. The quantitative estimate of drug-likeness (QED) is 0.888. The Morgan fingerprint density at radius 1 is 1.10 bits per heavy atom. The molecule has 1 amide bonds. The maximum absolute atomic E-state index is 12.4. The van der Waals surface area contributed by atoms with E-state index in [4.69, 9.17) is 0 Å². The number of amides is 1. The average Bonchev–Trinajstić information content (AvgIpc) is 2.96. The summed E-state index contributed by atoms with van der Waals surface area (Å²) in [7, 11) is 0. The fourth-order valence-corrected chi connectivity index (χ4v) is 3.65. The lowest BCUT2D eigenvalue weighted by Crippen LogP contribution is -2.43. The third kappa shape index (κ3) is 2.22. The van der Waals surface area contributed by atoms with Crippen molar-refractivity contribution in [3.63, 3.8) is 0 Å². The van der Waals surface area contributed by atoms with Crippen LogP contribution in [0.5, 0.6) is 0 Å². The Morgan fingerprint density at radius 3 is 2.76 bits per heavy atom. The van der Waals surface area contributed by atoms with Crippen molar-refractivity contribution in [1.82, 2.24) is 5.32 Å². The van der Waals surface area contributed by atoms with E-state index in [0.29, 0.717) is 0 Å². The summed E-state index contributed by atoms with van der Waals surface area (Å²) in [5.41, 5.74) is 3.78. The van der Waals surface area contributed by atoms with Crippen LogP contribution in [0, 0.1) is 0 Å². The molecule has 3 heteroatoms. The minimum Gasteiger partial charge on any atom is -0.324 e. The van der Waals surface area contributed by atoms with Gasteiger partial charge >= 0.3 is 0 Å². The number of anilines is 1. The molecule has 2 aromatic rings. The molecule has 1 unspecified atom stereocenters. The second kappa shape index (κ2) is 5.15. The Kier molecular flexibility index (Phi) is 3.15. The molecule has 21 heavy (non-hydrogen) atoms. The van der Waals surface area contributed by atoms with Gasteiger partial charge in [0.1, 0.15) is 0 Å². The largest absolute Gasteiger partial charge is 0.324 e. The van der Waals surface area contributed by atoms with Crippen LogP contribution >= 0.6 is 0 Å². The summed E-state index contributed by atoms with van der Waals surface area (Å²) in [6.45, 7) is 0.946. The monoisotopic (exact) mass is 280 g/mol. The van der Waals surface area contributed by atoms with E-state index >= 15 is 0 Å². The highest BCUT2D eigenvalue weighted by molar-refractivity contribution is 6.06. The van der Waals surface area contributed by atoms with Gasteiger partial charge in [0.05, 0.1) is 6.04 Å². The zero-order chi connectivity index (χ0) is 14.2. The summed E-state index contributed by atoms with van der Waals surface area (Å²) in [5, 5.41) is 8.99. The minimum atomic E-state index is -0.0400. The number of benzene rings is 2. The van der Waals surface area contributed by atoms with Gasteiger partial charge in [-0.05, 0) is 54.8 Å². The number of nitrogens with one attached hydrogen (secondary N) is 2. The second-order valence-corrected chi connectivity index (χ2v) is 6.10. The molecular formula is C18H20N2O. The van der Waals surface area contributed by atoms with Crippen molar-refractivity contribution in [2.24, 2.45) is 0 Å². The van der Waals surface area contributed by atoms with Crippen molar-refractivity contribution in [1.29, 1.82) is 0 Å². The molecule has 2 N–H and O–H groups in total. The van der Waals surface area contributed by atoms with Gasteiger partial charge in [-0.25, -0.2) is 0 Å². The minimum absolute atomic E-state index is 0.0400. The Morgan fingerprint density at radius 2 is 1.95 bits per heavy atom. The second-order valence-electron chi connectivity index (χ2n) is 6.10. The number of aryl methyl sites for hydroxylation is 2. The molecule has 1 aliphatic carbocycles. The van der Waals surface area contributed by atoms with Gasteiger partial charge in [-0.3, -0.25) is 4.79 Å². The molecule has 4 rings (SSSR count). The van der Waals surface area contributed by atoms with Gasteiger partial charge in [0.2, 0.25) is 5.91 Å². The highest BCUT2D eigenvalue weighted by Gasteiger charge is 2.22. The smallest absolute Gasteiger partial charge is 0.241 e. The number of rotatable bonds is 2.